The number of hydrogen-bond acceptors (Lipinski definition) is 5. The van der Waals surface area contributed by atoms with Crippen molar-refractivity contribution in [3.8, 4) is 0 Å². The lowest BCUT2D eigenvalue weighted by atomic mass is 10.1. The van der Waals surface area contributed by atoms with Crippen molar-refractivity contribution in [3.05, 3.63) is 47.4 Å². The number of fused-ring (bicyclic) bond motifs is 1. The highest BCUT2D eigenvalue weighted by atomic mass is 16.2. The van der Waals surface area contributed by atoms with Crippen molar-refractivity contribution in [2.75, 3.05) is 36.8 Å². The fourth-order valence-electron chi connectivity index (χ4n) is 3.71. The SMILES string of the molecule is Cn1ccc(CC(=O)N2CCc3nc(N)nc(N4CC=CC4)c3CC2)c1. The maximum Gasteiger partial charge on any atom is 0.227 e. The van der Waals surface area contributed by atoms with Gasteiger partial charge in [0.2, 0.25) is 11.9 Å². The maximum absolute atomic E-state index is 12.7. The topological polar surface area (TPSA) is 80.3 Å². The summed E-state index contributed by atoms with van der Waals surface area (Å²) in [4.78, 5) is 25.8. The molecule has 2 N–H and O–H groups in total. The highest BCUT2D eigenvalue weighted by molar-refractivity contribution is 5.79. The molecule has 0 saturated carbocycles. The lowest BCUT2D eigenvalue weighted by molar-refractivity contribution is -0.130. The molecule has 0 saturated heterocycles. The Hall–Kier alpha value is -2.83. The van der Waals surface area contributed by atoms with Crippen LogP contribution < -0.4 is 10.6 Å². The third-order valence-electron chi connectivity index (χ3n) is 5.06. The van der Waals surface area contributed by atoms with Crippen LogP contribution in [0.25, 0.3) is 0 Å². The maximum atomic E-state index is 12.7. The van der Waals surface area contributed by atoms with E-state index in [-0.39, 0.29) is 5.91 Å². The standard InChI is InChI=1S/C19H24N6O/c1-23-9-4-14(13-23)12-17(26)24-10-5-15-16(6-11-24)21-19(20)22-18(15)25-7-2-3-8-25/h2-4,9,13H,5-8,10-12H2,1H3,(H2,20,21,22). The van der Waals surface area contributed by atoms with E-state index in [2.05, 4.69) is 27.0 Å². The third kappa shape index (κ3) is 3.29. The Labute approximate surface area is 153 Å². The first-order chi connectivity index (χ1) is 12.6. The average molecular weight is 352 g/mol. The molecule has 0 atom stereocenters. The van der Waals surface area contributed by atoms with E-state index < -0.39 is 0 Å². The van der Waals surface area contributed by atoms with E-state index in [0.29, 0.717) is 25.5 Å². The molecule has 4 rings (SSSR count). The quantitative estimate of drug-likeness (QED) is 0.832. The molecule has 7 nitrogen and oxygen atoms in total. The summed E-state index contributed by atoms with van der Waals surface area (Å²) in [5.41, 5.74) is 9.11. The Kier molecular flexibility index (Phi) is 4.36. The summed E-state index contributed by atoms with van der Waals surface area (Å²) in [6, 6.07) is 2.00. The smallest absolute Gasteiger partial charge is 0.227 e. The Bertz CT molecular complexity index is 848. The van der Waals surface area contributed by atoms with Crippen LogP contribution in [-0.2, 0) is 31.1 Å². The summed E-state index contributed by atoms with van der Waals surface area (Å²) in [5.74, 6) is 1.40. The minimum absolute atomic E-state index is 0.161. The van der Waals surface area contributed by atoms with Crippen LogP contribution >= 0.6 is 0 Å². The second-order valence-electron chi connectivity index (χ2n) is 6.95. The van der Waals surface area contributed by atoms with Crippen molar-refractivity contribution >= 4 is 17.7 Å². The zero-order valence-electron chi connectivity index (χ0n) is 15.1. The zero-order valence-corrected chi connectivity index (χ0v) is 15.1. The molecule has 2 aliphatic heterocycles. The lowest BCUT2D eigenvalue weighted by Crippen LogP contribution is -2.34. The molecule has 26 heavy (non-hydrogen) atoms. The van der Waals surface area contributed by atoms with Crippen LogP contribution in [0.15, 0.2) is 30.6 Å². The fraction of sp³-hybridized carbons (Fsp3) is 0.421. The number of anilines is 2. The number of aromatic nitrogens is 3. The molecular weight excluding hydrogens is 328 g/mol. The van der Waals surface area contributed by atoms with Crippen LogP contribution in [0.4, 0.5) is 11.8 Å². The van der Waals surface area contributed by atoms with Crippen molar-refractivity contribution in [1.82, 2.24) is 19.4 Å². The predicted molar refractivity (Wildman–Crippen MR) is 101 cm³/mol. The van der Waals surface area contributed by atoms with E-state index in [9.17, 15) is 4.79 Å². The van der Waals surface area contributed by atoms with Crippen molar-refractivity contribution in [2.45, 2.75) is 19.3 Å². The van der Waals surface area contributed by atoms with Gasteiger partial charge in [-0.15, -0.1) is 0 Å². The number of aryl methyl sites for hydroxylation is 1. The van der Waals surface area contributed by atoms with Gasteiger partial charge in [0.25, 0.3) is 0 Å². The Morgan fingerprint density at radius 2 is 1.96 bits per heavy atom. The number of carbonyl (C=O) groups is 1. The third-order valence-corrected chi connectivity index (χ3v) is 5.06. The summed E-state index contributed by atoms with van der Waals surface area (Å²) in [7, 11) is 1.97. The highest BCUT2D eigenvalue weighted by Crippen LogP contribution is 2.26. The molecular formula is C19H24N6O. The molecule has 0 fully saturated rings. The van der Waals surface area contributed by atoms with Gasteiger partial charge in [-0.05, 0) is 18.1 Å². The van der Waals surface area contributed by atoms with Gasteiger partial charge in [-0.1, -0.05) is 12.2 Å². The Morgan fingerprint density at radius 3 is 2.69 bits per heavy atom. The highest BCUT2D eigenvalue weighted by Gasteiger charge is 2.25. The van der Waals surface area contributed by atoms with Gasteiger partial charge in [-0.3, -0.25) is 4.79 Å². The van der Waals surface area contributed by atoms with Gasteiger partial charge < -0.3 is 20.1 Å². The van der Waals surface area contributed by atoms with Gasteiger partial charge in [-0.2, -0.15) is 4.98 Å². The molecule has 4 heterocycles. The van der Waals surface area contributed by atoms with E-state index in [4.69, 9.17) is 5.73 Å². The monoisotopic (exact) mass is 352 g/mol. The number of carbonyl (C=O) groups excluding carboxylic acids is 1. The van der Waals surface area contributed by atoms with Crippen molar-refractivity contribution in [3.63, 3.8) is 0 Å². The summed E-state index contributed by atoms with van der Waals surface area (Å²) >= 11 is 0. The van der Waals surface area contributed by atoms with E-state index >= 15 is 0 Å². The molecule has 2 aromatic heterocycles. The first-order valence-electron chi connectivity index (χ1n) is 9.04. The number of amides is 1. The van der Waals surface area contributed by atoms with Gasteiger partial charge in [0, 0.05) is 57.6 Å². The fourth-order valence-corrected chi connectivity index (χ4v) is 3.71. The van der Waals surface area contributed by atoms with Gasteiger partial charge in [0.1, 0.15) is 5.82 Å². The van der Waals surface area contributed by atoms with E-state index in [1.54, 1.807) is 0 Å². The first-order valence-corrected chi connectivity index (χ1v) is 9.04. The van der Waals surface area contributed by atoms with Crippen molar-refractivity contribution in [2.24, 2.45) is 7.05 Å². The number of nitrogens with two attached hydrogens (primary N) is 1. The van der Waals surface area contributed by atoms with Gasteiger partial charge in [0.15, 0.2) is 0 Å². The van der Waals surface area contributed by atoms with E-state index in [1.807, 2.05) is 35.0 Å². The first kappa shape index (κ1) is 16.6. The van der Waals surface area contributed by atoms with Crippen molar-refractivity contribution < 1.29 is 4.79 Å². The summed E-state index contributed by atoms with van der Waals surface area (Å²) in [6.45, 7) is 3.06. The Morgan fingerprint density at radius 1 is 1.19 bits per heavy atom. The summed E-state index contributed by atoms with van der Waals surface area (Å²) in [6.07, 6.45) is 10.2. The predicted octanol–water partition coefficient (Wildman–Crippen LogP) is 0.943. The van der Waals surface area contributed by atoms with Crippen LogP contribution in [0.5, 0.6) is 0 Å². The molecule has 136 valence electrons. The zero-order chi connectivity index (χ0) is 18.1. The molecule has 1 amide bonds. The molecule has 2 aliphatic rings. The molecule has 0 radical (unpaired) electrons. The molecule has 0 aliphatic carbocycles. The van der Waals surface area contributed by atoms with E-state index in [1.165, 1.54) is 0 Å². The van der Waals surface area contributed by atoms with Gasteiger partial charge in [0.05, 0.1) is 12.1 Å². The Balaban J connectivity index is 1.51. The number of nitrogen functional groups attached to an aromatic ring is 1. The number of nitrogens with zero attached hydrogens (tertiary/aromatic N) is 5. The molecule has 0 spiro atoms. The van der Waals surface area contributed by atoms with Crippen LogP contribution in [0, 0.1) is 0 Å². The second-order valence-corrected chi connectivity index (χ2v) is 6.95. The van der Waals surface area contributed by atoms with Crippen molar-refractivity contribution in [1.29, 1.82) is 0 Å². The minimum Gasteiger partial charge on any atom is -0.368 e. The largest absolute Gasteiger partial charge is 0.368 e. The summed E-state index contributed by atoms with van der Waals surface area (Å²) < 4.78 is 1.97. The van der Waals surface area contributed by atoms with Crippen LogP contribution in [0.3, 0.4) is 0 Å². The van der Waals surface area contributed by atoms with Gasteiger partial charge in [-0.25, -0.2) is 4.98 Å². The number of hydrogen-bond donors (Lipinski definition) is 1. The molecule has 0 bridgehead atoms. The molecule has 2 aromatic rings. The van der Waals surface area contributed by atoms with Crippen LogP contribution in [0.1, 0.15) is 16.8 Å². The minimum atomic E-state index is 0.161. The molecule has 0 unspecified atom stereocenters. The molecule has 7 heteroatoms. The molecule has 0 aromatic carbocycles. The van der Waals surface area contributed by atoms with Crippen LogP contribution in [-0.4, -0.2) is 51.5 Å². The lowest BCUT2D eigenvalue weighted by Gasteiger charge is -2.22. The summed E-state index contributed by atoms with van der Waals surface area (Å²) in [5, 5.41) is 0. The second kappa shape index (κ2) is 6.82. The average Bonchev–Trinajstić information content (AvgIpc) is 3.22. The normalized spacial score (nSPS) is 16.7. The van der Waals surface area contributed by atoms with E-state index in [0.717, 1.165) is 48.6 Å². The number of rotatable bonds is 3. The van der Waals surface area contributed by atoms with Crippen LogP contribution in [0.2, 0.25) is 0 Å². The van der Waals surface area contributed by atoms with Gasteiger partial charge >= 0.3 is 0 Å².